The van der Waals surface area contributed by atoms with Crippen molar-refractivity contribution in [1.29, 1.82) is 0 Å². The molecule has 1 rings (SSSR count). The van der Waals surface area contributed by atoms with E-state index < -0.39 is 17.9 Å². The van der Waals surface area contributed by atoms with Crippen LogP contribution < -0.4 is 10.6 Å². The smallest absolute Gasteiger partial charge is 0.331 e. The topological polar surface area (TPSA) is 95.5 Å². The van der Waals surface area contributed by atoms with Crippen molar-refractivity contribution in [3.8, 4) is 0 Å². The summed E-state index contributed by atoms with van der Waals surface area (Å²) >= 11 is 4.76. The van der Waals surface area contributed by atoms with E-state index in [-0.39, 0.29) is 17.7 Å². The van der Waals surface area contributed by atoms with E-state index in [1.807, 2.05) is 11.4 Å². The van der Waals surface area contributed by atoms with E-state index >= 15 is 0 Å². The Hall–Kier alpha value is -1.67. The van der Waals surface area contributed by atoms with Gasteiger partial charge >= 0.3 is 12.0 Å². The molecule has 108 valence electrons. The Labute approximate surface area is 128 Å². The maximum absolute atomic E-state index is 11.6. The highest BCUT2D eigenvalue weighted by atomic mass is 79.9. The summed E-state index contributed by atoms with van der Waals surface area (Å²) in [6, 6.07) is 1.18. The SMILES string of the molecule is CC(C(=O)O)=C(C)C(=O)NC(=O)NCc1cc(Br)cs1. The summed E-state index contributed by atoms with van der Waals surface area (Å²) in [6.07, 6.45) is 0. The van der Waals surface area contributed by atoms with Gasteiger partial charge in [-0.25, -0.2) is 9.59 Å². The number of rotatable bonds is 4. The van der Waals surface area contributed by atoms with Gasteiger partial charge in [0.15, 0.2) is 0 Å². The fourth-order valence-electron chi connectivity index (χ4n) is 1.19. The molecule has 0 bridgehead atoms. The average Bonchev–Trinajstić information content (AvgIpc) is 2.80. The summed E-state index contributed by atoms with van der Waals surface area (Å²) < 4.78 is 0.923. The fraction of sp³-hybridized carbons (Fsp3) is 0.250. The zero-order valence-electron chi connectivity index (χ0n) is 10.8. The van der Waals surface area contributed by atoms with E-state index in [0.717, 1.165) is 9.35 Å². The lowest BCUT2D eigenvalue weighted by atomic mass is 10.1. The van der Waals surface area contributed by atoms with Crippen molar-refractivity contribution in [2.75, 3.05) is 0 Å². The first-order valence-corrected chi connectivity index (χ1v) is 7.21. The number of hydrogen-bond acceptors (Lipinski definition) is 4. The lowest BCUT2D eigenvalue weighted by molar-refractivity contribution is -0.133. The zero-order chi connectivity index (χ0) is 15.3. The number of carbonyl (C=O) groups excluding carboxylic acids is 2. The number of carboxylic acids is 1. The predicted molar refractivity (Wildman–Crippen MR) is 78.4 cm³/mol. The molecule has 0 aliphatic rings. The number of halogens is 1. The van der Waals surface area contributed by atoms with E-state index in [1.54, 1.807) is 0 Å². The molecule has 0 aromatic carbocycles. The number of amides is 3. The van der Waals surface area contributed by atoms with Gasteiger partial charge in [-0.15, -0.1) is 11.3 Å². The van der Waals surface area contributed by atoms with Gasteiger partial charge in [0.05, 0.1) is 6.54 Å². The van der Waals surface area contributed by atoms with E-state index in [1.165, 1.54) is 25.2 Å². The van der Waals surface area contributed by atoms with E-state index in [2.05, 4.69) is 26.6 Å². The van der Waals surface area contributed by atoms with Crippen molar-refractivity contribution in [1.82, 2.24) is 10.6 Å². The minimum atomic E-state index is -1.19. The zero-order valence-corrected chi connectivity index (χ0v) is 13.2. The quantitative estimate of drug-likeness (QED) is 0.717. The molecule has 0 saturated carbocycles. The molecule has 0 spiro atoms. The molecule has 20 heavy (non-hydrogen) atoms. The Kier molecular flexibility index (Phi) is 5.90. The Morgan fingerprint density at radius 3 is 2.45 bits per heavy atom. The summed E-state index contributed by atoms with van der Waals surface area (Å²) in [5.41, 5.74) is -0.107. The molecule has 0 fully saturated rings. The van der Waals surface area contributed by atoms with Crippen LogP contribution in [0.4, 0.5) is 4.79 Å². The highest BCUT2D eigenvalue weighted by molar-refractivity contribution is 9.10. The molecule has 8 heteroatoms. The van der Waals surface area contributed by atoms with Crippen LogP contribution in [0.25, 0.3) is 0 Å². The maximum atomic E-state index is 11.6. The van der Waals surface area contributed by atoms with E-state index in [0.29, 0.717) is 0 Å². The largest absolute Gasteiger partial charge is 0.478 e. The predicted octanol–water partition coefficient (Wildman–Crippen LogP) is 2.26. The summed E-state index contributed by atoms with van der Waals surface area (Å²) in [6.45, 7) is 2.94. The van der Waals surface area contributed by atoms with Gasteiger partial charge in [-0.05, 0) is 35.8 Å². The molecule has 0 atom stereocenters. The third-order valence-electron chi connectivity index (χ3n) is 2.50. The summed E-state index contributed by atoms with van der Waals surface area (Å²) in [4.78, 5) is 34.8. The third kappa shape index (κ3) is 4.78. The van der Waals surface area contributed by atoms with Gasteiger partial charge in [0.25, 0.3) is 5.91 Å². The lowest BCUT2D eigenvalue weighted by Crippen LogP contribution is -2.39. The first kappa shape index (κ1) is 16.4. The Balaban J connectivity index is 2.52. The molecule has 1 aromatic rings. The Morgan fingerprint density at radius 1 is 1.30 bits per heavy atom. The van der Waals surface area contributed by atoms with Crippen molar-refractivity contribution in [3.05, 3.63) is 31.9 Å². The van der Waals surface area contributed by atoms with Crippen LogP contribution in [0, 0.1) is 0 Å². The van der Waals surface area contributed by atoms with Gasteiger partial charge in [-0.2, -0.15) is 0 Å². The van der Waals surface area contributed by atoms with Crippen LogP contribution in [-0.4, -0.2) is 23.0 Å². The number of thiophene rings is 1. The second kappa shape index (κ2) is 7.20. The number of hydrogen-bond donors (Lipinski definition) is 3. The summed E-state index contributed by atoms with van der Waals surface area (Å²) in [5, 5.41) is 15.2. The monoisotopic (exact) mass is 360 g/mol. The standard InChI is InChI=1S/C12H13BrN2O4S/c1-6(7(2)11(17)18)10(16)15-12(19)14-4-9-3-8(13)5-20-9/h3,5H,4H2,1-2H3,(H,17,18)(H2,14,15,16,19). The minimum absolute atomic E-state index is 0.00785. The average molecular weight is 361 g/mol. The van der Waals surface area contributed by atoms with Crippen molar-refractivity contribution in [3.63, 3.8) is 0 Å². The van der Waals surface area contributed by atoms with Gasteiger partial charge in [0.1, 0.15) is 0 Å². The fourth-order valence-corrected chi connectivity index (χ4v) is 2.58. The van der Waals surface area contributed by atoms with Gasteiger partial charge in [-0.1, -0.05) is 0 Å². The number of carboxylic acid groups (broad SMARTS) is 1. The highest BCUT2D eigenvalue weighted by Crippen LogP contribution is 2.19. The molecular weight excluding hydrogens is 348 g/mol. The summed E-state index contributed by atoms with van der Waals surface area (Å²) in [7, 11) is 0. The second-order valence-corrected chi connectivity index (χ2v) is 5.83. The first-order chi connectivity index (χ1) is 9.31. The van der Waals surface area contributed by atoms with Crippen LogP contribution in [0.5, 0.6) is 0 Å². The minimum Gasteiger partial charge on any atom is -0.478 e. The molecule has 3 N–H and O–H groups in total. The number of nitrogens with one attached hydrogen (secondary N) is 2. The lowest BCUT2D eigenvalue weighted by Gasteiger charge is -2.07. The molecule has 1 heterocycles. The van der Waals surface area contributed by atoms with Crippen LogP contribution in [0.2, 0.25) is 0 Å². The Morgan fingerprint density at radius 2 is 1.95 bits per heavy atom. The van der Waals surface area contributed by atoms with Crippen molar-refractivity contribution < 1.29 is 19.5 Å². The van der Waals surface area contributed by atoms with Gasteiger partial charge < -0.3 is 10.4 Å². The highest BCUT2D eigenvalue weighted by Gasteiger charge is 2.15. The normalized spacial score (nSPS) is 11.6. The molecule has 1 aromatic heterocycles. The van der Waals surface area contributed by atoms with Crippen molar-refractivity contribution in [2.24, 2.45) is 0 Å². The Bertz CT molecular complexity index is 580. The van der Waals surface area contributed by atoms with Crippen LogP contribution in [0.3, 0.4) is 0 Å². The molecule has 0 aliphatic carbocycles. The number of carbonyl (C=O) groups is 3. The number of urea groups is 1. The van der Waals surface area contributed by atoms with Crippen molar-refractivity contribution in [2.45, 2.75) is 20.4 Å². The number of imide groups is 1. The molecule has 0 aliphatic heterocycles. The number of aliphatic carboxylic acids is 1. The maximum Gasteiger partial charge on any atom is 0.331 e. The van der Waals surface area contributed by atoms with Crippen molar-refractivity contribution >= 4 is 45.2 Å². The first-order valence-electron chi connectivity index (χ1n) is 5.54. The molecule has 0 radical (unpaired) electrons. The van der Waals surface area contributed by atoms with Crippen LogP contribution in [0.1, 0.15) is 18.7 Å². The van der Waals surface area contributed by atoms with Crippen LogP contribution in [0.15, 0.2) is 27.1 Å². The van der Waals surface area contributed by atoms with Gasteiger partial charge in [-0.3, -0.25) is 10.1 Å². The van der Waals surface area contributed by atoms with E-state index in [4.69, 9.17) is 5.11 Å². The van der Waals surface area contributed by atoms with E-state index in [9.17, 15) is 14.4 Å². The third-order valence-corrected chi connectivity index (χ3v) is 4.19. The van der Waals surface area contributed by atoms with Gasteiger partial charge in [0.2, 0.25) is 0 Å². The van der Waals surface area contributed by atoms with Crippen LogP contribution >= 0.6 is 27.3 Å². The molecule has 0 unspecified atom stereocenters. The molecular formula is C12H13BrN2O4S. The molecule has 3 amide bonds. The van der Waals surface area contributed by atoms with Gasteiger partial charge in [0, 0.05) is 25.9 Å². The molecule has 6 nitrogen and oxygen atoms in total. The molecule has 0 saturated heterocycles. The second-order valence-electron chi connectivity index (χ2n) is 3.92. The van der Waals surface area contributed by atoms with Crippen LogP contribution in [-0.2, 0) is 16.1 Å². The summed E-state index contributed by atoms with van der Waals surface area (Å²) in [5.74, 6) is -1.92.